The molecule has 0 aliphatic heterocycles. The van der Waals surface area contributed by atoms with E-state index in [-0.39, 0.29) is 17.8 Å². The van der Waals surface area contributed by atoms with E-state index < -0.39 is 0 Å². The Labute approximate surface area is 172 Å². The number of thiophene rings is 1. The molecule has 1 aromatic rings. The molecule has 1 heterocycles. The molecule has 0 spiro atoms. The summed E-state index contributed by atoms with van der Waals surface area (Å²) in [6.07, 6.45) is 8.82. The Morgan fingerprint density at radius 1 is 1.21 bits per heavy atom. The third kappa shape index (κ3) is 3.40. The number of ether oxygens (including phenoxy) is 1. The van der Waals surface area contributed by atoms with E-state index in [4.69, 9.17) is 4.74 Å². The van der Waals surface area contributed by atoms with Crippen molar-refractivity contribution in [1.29, 1.82) is 0 Å². The summed E-state index contributed by atoms with van der Waals surface area (Å²) >= 11 is 1.61. The van der Waals surface area contributed by atoms with Gasteiger partial charge in [-0.25, -0.2) is 4.79 Å². The highest BCUT2D eigenvalue weighted by Gasteiger charge is 2.43. The van der Waals surface area contributed by atoms with E-state index >= 15 is 0 Å². The molecular formula is C23H33NO3S. The number of fused-ring (bicyclic) bond motifs is 3. The highest BCUT2D eigenvalue weighted by molar-refractivity contribution is 7.17. The van der Waals surface area contributed by atoms with E-state index in [9.17, 15) is 9.59 Å². The van der Waals surface area contributed by atoms with E-state index in [0.717, 1.165) is 48.6 Å². The fourth-order valence-corrected chi connectivity index (χ4v) is 7.04. The lowest BCUT2D eigenvalue weighted by Gasteiger charge is -2.36. The number of methoxy groups -OCH3 is 1. The van der Waals surface area contributed by atoms with E-state index in [0.29, 0.717) is 22.8 Å². The van der Waals surface area contributed by atoms with Crippen LogP contribution in [-0.2, 0) is 22.4 Å². The van der Waals surface area contributed by atoms with Crippen molar-refractivity contribution in [2.75, 3.05) is 12.4 Å². The maximum absolute atomic E-state index is 13.0. The number of hydrogen-bond donors (Lipinski definition) is 1. The second-order valence-electron chi connectivity index (χ2n) is 9.75. The minimum Gasteiger partial charge on any atom is -0.465 e. The Bertz CT molecular complexity index is 781. The minimum absolute atomic E-state index is 0.112. The van der Waals surface area contributed by atoms with Crippen LogP contribution in [0.3, 0.4) is 0 Å². The zero-order chi connectivity index (χ0) is 20.1. The second-order valence-corrected chi connectivity index (χ2v) is 10.9. The first-order valence-electron chi connectivity index (χ1n) is 10.9. The molecule has 0 unspecified atom stereocenters. The highest BCUT2D eigenvalue weighted by atomic mass is 32.1. The lowest BCUT2D eigenvalue weighted by Crippen LogP contribution is -2.29. The maximum Gasteiger partial charge on any atom is 0.341 e. The molecule has 2 saturated carbocycles. The van der Waals surface area contributed by atoms with Crippen LogP contribution in [0.1, 0.15) is 80.1 Å². The fourth-order valence-electron chi connectivity index (χ4n) is 5.72. The van der Waals surface area contributed by atoms with Gasteiger partial charge in [-0.15, -0.1) is 11.3 Å². The predicted molar refractivity (Wildman–Crippen MR) is 113 cm³/mol. The van der Waals surface area contributed by atoms with Gasteiger partial charge in [-0.3, -0.25) is 4.79 Å². The monoisotopic (exact) mass is 403 g/mol. The Hall–Kier alpha value is -1.36. The Morgan fingerprint density at radius 2 is 2.00 bits per heavy atom. The zero-order valence-corrected chi connectivity index (χ0v) is 18.4. The topological polar surface area (TPSA) is 55.4 Å². The van der Waals surface area contributed by atoms with Crippen molar-refractivity contribution in [3.63, 3.8) is 0 Å². The predicted octanol–water partition coefficient (Wildman–Crippen LogP) is 5.45. The number of carbonyl (C=O) groups is 2. The number of amides is 1. The lowest BCUT2D eigenvalue weighted by molar-refractivity contribution is -0.121. The first kappa shape index (κ1) is 19.9. The molecule has 0 aromatic carbocycles. The number of nitrogens with one attached hydrogen (secondary N) is 1. The minimum atomic E-state index is -0.311. The van der Waals surface area contributed by atoms with Gasteiger partial charge < -0.3 is 10.1 Å². The largest absolute Gasteiger partial charge is 0.465 e. The molecule has 154 valence electrons. The molecule has 2 fully saturated rings. The Morgan fingerprint density at radius 3 is 2.61 bits per heavy atom. The number of rotatable bonds is 5. The van der Waals surface area contributed by atoms with Gasteiger partial charge in [0, 0.05) is 10.8 Å². The summed E-state index contributed by atoms with van der Waals surface area (Å²) in [5, 5.41) is 3.88. The zero-order valence-electron chi connectivity index (χ0n) is 17.6. The maximum atomic E-state index is 13.0. The van der Waals surface area contributed by atoms with Crippen LogP contribution in [0.25, 0.3) is 0 Å². The molecule has 3 aliphatic rings. The van der Waals surface area contributed by atoms with Crippen molar-refractivity contribution in [2.24, 2.45) is 29.1 Å². The van der Waals surface area contributed by atoms with E-state index in [2.05, 4.69) is 26.1 Å². The molecule has 0 saturated heterocycles. The van der Waals surface area contributed by atoms with Crippen LogP contribution < -0.4 is 5.32 Å². The normalized spacial score (nSPS) is 28.9. The van der Waals surface area contributed by atoms with Crippen LogP contribution in [0.4, 0.5) is 5.00 Å². The average molecular weight is 404 g/mol. The van der Waals surface area contributed by atoms with Gasteiger partial charge in [0.2, 0.25) is 5.91 Å². The van der Waals surface area contributed by atoms with Crippen molar-refractivity contribution < 1.29 is 14.3 Å². The average Bonchev–Trinajstić information content (AvgIpc) is 3.40. The SMILES string of the molecule is CCC(C)(C)[C@@H]1CCc2c(sc(NC(=O)[C@@H]3C[C@@H]4CC[C@@H]3C4)c2C(=O)OC)C1. The summed E-state index contributed by atoms with van der Waals surface area (Å²) in [5.74, 6) is 1.80. The van der Waals surface area contributed by atoms with Gasteiger partial charge in [0.1, 0.15) is 5.00 Å². The van der Waals surface area contributed by atoms with Crippen molar-refractivity contribution in [3.05, 3.63) is 16.0 Å². The number of esters is 1. The van der Waals surface area contributed by atoms with Gasteiger partial charge in [-0.05, 0) is 67.3 Å². The van der Waals surface area contributed by atoms with E-state index in [1.165, 1.54) is 31.2 Å². The van der Waals surface area contributed by atoms with Crippen LogP contribution in [0.5, 0.6) is 0 Å². The first-order valence-corrected chi connectivity index (χ1v) is 11.7. The van der Waals surface area contributed by atoms with Crippen LogP contribution in [0.2, 0.25) is 0 Å². The van der Waals surface area contributed by atoms with Crippen LogP contribution >= 0.6 is 11.3 Å². The molecule has 4 nitrogen and oxygen atoms in total. The molecule has 5 heteroatoms. The molecular weight excluding hydrogens is 370 g/mol. The van der Waals surface area contributed by atoms with Crippen LogP contribution in [0.15, 0.2) is 0 Å². The number of hydrogen-bond acceptors (Lipinski definition) is 4. The van der Waals surface area contributed by atoms with Gasteiger partial charge in [-0.1, -0.05) is 33.6 Å². The number of anilines is 1. The smallest absolute Gasteiger partial charge is 0.341 e. The summed E-state index contributed by atoms with van der Waals surface area (Å²) in [4.78, 5) is 26.8. The molecule has 1 N–H and O–H groups in total. The Balaban J connectivity index is 1.59. The molecule has 3 aliphatic carbocycles. The second kappa shape index (κ2) is 7.47. The standard InChI is InChI=1S/C23H33NO3S/c1-5-23(2,3)15-8-9-16-18(12-15)28-21(19(16)22(26)27-4)24-20(25)17-11-13-6-7-14(17)10-13/h13-15,17H,5-12H2,1-4H3,(H,24,25)/t13-,14-,15-,17-/m1/s1. The van der Waals surface area contributed by atoms with Gasteiger partial charge in [0.25, 0.3) is 0 Å². The summed E-state index contributed by atoms with van der Waals surface area (Å²) in [5.41, 5.74) is 2.02. The molecule has 2 bridgehead atoms. The summed E-state index contributed by atoms with van der Waals surface area (Å²) in [6, 6.07) is 0. The van der Waals surface area contributed by atoms with Gasteiger partial charge in [-0.2, -0.15) is 0 Å². The van der Waals surface area contributed by atoms with Crippen molar-refractivity contribution >= 4 is 28.2 Å². The van der Waals surface area contributed by atoms with Crippen LogP contribution in [0, 0.1) is 29.1 Å². The highest BCUT2D eigenvalue weighted by Crippen LogP contribution is 2.50. The molecule has 0 radical (unpaired) electrons. The van der Waals surface area contributed by atoms with Crippen LogP contribution in [-0.4, -0.2) is 19.0 Å². The van der Waals surface area contributed by atoms with E-state index in [1.54, 1.807) is 11.3 Å². The fraction of sp³-hybridized carbons (Fsp3) is 0.739. The Kier molecular flexibility index (Phi) is 5.32. The first-order chi connectivity index (χ1) is 13.3. The quantitative estimate of drug-likeness (QED) is 0.665. The molecule has 1 amide bonds. The van der Waals surface area contributed by atoms with Gasteiger partial charge in [0.05, 0.1) is 12.7 Å². The summed E-state index contributed by atoms with van der Waals surface area (Å²) in [6.45, 7) is 6.94. The van der Waals surface area contributed by atoms with E-state index in [1.807, 2.05) is 0 Å². The van der Waals surface area contributed by atoms with Crippen molar-refractivity contribution in [3.8, 4) is 0 Å². The lowest BCUT2D eigenvalue weighted by atomic mass is 9.69. The third-order valence-corrected chi connectivity index (χ3v) is 9.15. The molecule has 1 aromatic heterocycles. The van der Waals surface area contributed by atoms with Crippen molar-refractivity contribution in [2.45, 2.75) is 72.1 Å². The summed E-state index contributed by atoms with van der Waals surface area (Å²) in [7, 11) is 1.43. The van der Waals surface area contributed by atoms with Crippen molar-refractivity contribution in [1.82, 2.24) is 0 Å². The van der Waals surface area contributed by atoms with Gasteiger partial charge in [0.15, 0.2) is 0 Å². The third-order valence-electron chi connectivity index (χ3n) is 7.98. The molecule has 4 rings (SSSR count). The summed E-state index contributed by atoms with van der Waals surface area (Å²) < 4.78 is 5.09. The van der Waals surface area contributed by atoms with Gasteiger partial charge >= 0.3 is 5.97 Å². The molecule has 4 atom stereocenters. The molecule has 28 heavy (non-hydrogen) atoms. The number of carbonyl (C=O) groups excluding carboxylic acids is 2.